The van der Waals surface area contributed by atoms with Crippen LogP contribution in [-0.4, -0.2) is 4.98 Å². The highest BCUT2D eigenvalue weighted by Crippen LogP contribution is 2.25. The third-order valence-corrected chi connectivity index (χ3v) is 3.90. The number of anilines is 1. The van der Waals surface area contributed by atoms with E-state index >= 15 is 0 Å². The van der Waals surface area contributed by atoms with Gasteiger partial charge in [0.15, 0.2) is 5.13 Å². The Hall–Kier alpha value is -2.13. The van der Waals surface area contributed by atoms with Crippen LogP contribution in [0.5, 0.6) is 0 Å². The molecule has 0 bridgehead atoms. The van der Waals surface area contributed by atoms with Gasteiger partial charge < -0.3 is 5.32 Å². The first-order chi connectivity index (χ1) is 9.81. The van der Waals surface area contributed by atoms with Gasteiger partial charge in [0.05, 0.1) is 5.69 Å². The standard InChI is InChI=1S/C17H16N2S/c1-13-6-5-9-15(10-13)16-12-20-17(19-16)18-11-14-7-3-2-4-8-14/h2-10,12H,11H2,1H3,(H,18,19). The summed E-state index contributed by atoms with van der Waals surface area (Å²) in [6.07, 6.45) is 0. The molecule has 1 aromatic heterocycles. The maximum atomic E-state index is 4.64. The van der Waals surface area contributed by atoms with E-state index in [2.05, 4.69) is 71.1 Å². The van der Waals surface area contributed by atoms with Crippen LogP contribution in [-0.2, 0) is 6.54 Å². The monoisotopic (exact) mass is 280 g/mol. The molecule has 1 N–H and O–H groups in total. The van der Waals surface area contributed by atoms with Crippen molar-refractivity contribution in [2.75, 3.05) is 5.32 Å². The minimum atomic E-state index is 0.807. The van der Waals surface area contributed by atoms with Crippen LogP contribution in [0.25, 0.3) is 11.3 Å². The van der Waals surface area contributed by atoms with Gasteiger partial charge in [0, 0.05) is 17.5 Å². The number of aromatic nitrogens is 1. The summed E-state index contributed by atoms with van der Waals surface area (Å²) in [5.41, 5.74) is 4.73. The van der Waals surface area contributed by atoms with Crippen molar-refractivity contribution in [1.82, 2.24) is 4.98 Å². The SMILES string of the molecule is Cc1cccc(-c2csc(NCc3ccccc3)n2)c1. The number of nitrogens with zero attached hydrogens (tertiary/aromatic N) is 1. The topological polar surface area (TPSA) is 24.9 Å². The van der Waals surface area contributed by atoms with Crippen LogP contribution in [0.1, 0.15) is 11.1 Å². The van der Waals surface area contributed by atoms with Crippen molar-refractivity contribution in [3.05, 3.63) is 71.1 Å². The highest BCUT2D eigenvalue weighted by molar-refractivity contribution is 7.14. The lowest BCUT2D eigenvalue weighted by molar-refractivity contribution is 1.14. The third kappa shape index (κ3) is 3.06. The summed E-state index contributed by atoms with van der Waals surface area (Å²) in [6.45, 7) is 2.91. The molecule has 0 unspecified atom stereocenters. The Balaban J connectivity index is 1.71. The second-order valence-corrected chi connectivity index (χ2v) is 5.60. The Labute approximate surface area is 123 Å². The lowest BCUT2D eigenvalue weighted by Crippen LogP contribution is -1.98. The van der Waals surface area contributed by atoms with Crippen molar-refractivity contribution in [2.24, 2.45) is 0 Å². The van der Waals surface area contributed by atoms with E-state index in [1.54, 1.807) is 11.3 Å². The molecule has 3 rings (SSSR count). The Kier molecular flexibility index (Phi) is 3.79. The van der Waals surface area contributed by atoms with Crippen LogP contribution >= 0.6 is 11.3 Å². The van der Waals surface area contributed by atoms with E-state index in [-0.39, 0.29) is 0 Å². The summed E-state index contributed by atoms with van der Waals surface area (Å²) in [4.78, 5) is 4.64. The Bertz CT molecular complexity index is 689. The van der Waals surface area contributed by atoms with Crippen molar-refractivity contribution in [2.45, 2.75) is 13.5 Å². The molecule has 0 aliphatic rings. The van der Waals surface area contributed by atoms with E-state index in [1.165, 1.54) is 16.7 Å². The molecule has 0 radical (unpaired) electrons. The first kappa shape index (κ1) is 12.9. The highest BCUT2D eigenvalue weighted by atomic mass is 32.1. The summed E-state index contributed by atoms with van der Waals surface area (Å²) in [6, 6.07) is 18.8. The molecule has 0 amide bonds. The second-order valence-electron chi connectivity index (χ2n) is 4.75. The van der Waals surface area contributed by atoms with Gasteiger partial charge in [-0.1, -0.05) is 54.1 Å². The minimum Gasteiger partial charge on any atom is -0.357 e. The third-order valence-electron chi connectivity index (χ3n) is 3.10. The highest BCUT2D eigenvalue weighted by Gasteiger charge is 2.04. The predicted molar refractivity (Wildman–Crippen MR) is 86.1 cm³/mol. The molecular weight excluding hydrogens is 264 g/mol. The molecule has 1 heterocycles. The number of aryl methyl sites for hydroxylation is 1. The molecule has 2 nitrogen and oxygen atoms in total. The van der Waals surface area contributed by atoms with Gasteiger partial charge in [-0.3, -0.25) is 0 Å². The molecule has 0 aliphatic heterocycles. The molecule has 0 spiro atoms. The van der Waals surface area contributed by atoms with Gasteiger partial charge in [0.1, 0.15) is 0 Å². The quantitative estimate of drug-likeness (QED) is 0.747. The zero-order chi connectivity index (χ0) is 13.8. The number of hydrogen-bond acceptors (Lipinski definition) is 3. The van der Waals surface area contributed by atoms with E-state index in [1.807, 2.05) is 6.07 Å². The minimum absolute atomic E-state index is 0.807. The fraction of sp³-hybridized carbons (Fsp3) is 0.118. The van der Waals surface area contributed by atoms with Crippen LogP contribution in [0.4, 0.5) is 5.13 Å². The fourth-order valence-electron chi connectivity index (χ4n) is 2.07. The van der Waals surface area contributed by atoms with E-state index < -0.39 is 0 Å². The zero-order valence-corrected chi connectivity index (χ0v) is 12.2. The molecule has 3 aromatic rings. The van der Waals surface area contributed by atoms with Crippen molar-refractivity contribution < 1.29 is 0 Å². The Morgan fingerprint density at radius 2 is 1.90 bits per heavy atom. The van der Waals surface area contributed by atoms with E-state index in [4.69, 9.17) is 0 Å². The van der Waals surface area contributed by atoms with Crippen molar-refractivity contribution in [3.63, 3.8) is 0 Å². The second kappa shape index (κ2) is 5.88. The summed E-state index contributed by atoms with van der Waals surface area (Å²) in [5, 5.41) is 6.44. The number of rotatable bonds is 4. The van der Waals surface area contributed by atoms with Gasteiger partial charge in [0.2, 0.25) is 0 Å². The van der Waals surface area contributed by atoms with Gasteiger partial charge >= 0.3 is 0 Å². The number of hydrogen-bond donors (Lipinski definition) is 1. The molecule has 0 atom stereocenters. The molecular formula is C17H16N2S. The summed E-state index contributed by atoms with van der Waals surface area (Å²) in [5.74, 6) is 0. The fourth-order valence-corrected chi connectivity index (χ4v) is 2.78. The molecule has 0 fully saturated rings. The average Bonchev–Trinajstić information content (AvgIpc) is 2.95. The lowest BCUT2D eigenvalue weighted by Gasteiger charge is -2.02. The molecule has 0 saturated heterocycles. The summed E-state index contributed by atoms with van der Waals surface area (Å²) < 4.78 is 0. The van der Waals surface area contributed by atoms with Gasteiger partial charge in [-0.25, -0.2) is 4.98 Å². The van der Waals surface area contributed by atoms with E-state index in [0.29, 0.717) is 0 Å². The molecule has 0 aliphatic carbocycles. The first-order valence-electron chi connectivity index (χ1n) is 6.61. The predicted octanol–water partition coefficient (Wildman–Crippen LogP) is 4.73. The maximum Gasteiger partial charge on any atom is 0.183 e. The van der Waals surface area contributed by atoms with Crippen molar-refractivity contribution in [3.8, 4) is 11.3 Å². The molecule has 0 saturated carbocycles. The number of nitrogens with one attached hydrogen (secondary N) is 1. The largest absolute Gasteiger partial charge is 0.357 e. The smallest absolute Gasteiger partial charge is 0.183 e. The maximum absolute atomic E-state index is 4.64. The van der Waals surface area contributed by atoms with Crippen LogP contribution in [0.3, 0.4) is 0 Å². The number of benzene rings is 2. The Morgan fingerprint density at radius 1 is 1.05 bits per heavy atom. The van der Waals surface area contributed by atoms with Crippen molar-refractivity contribution in [1.29, 1.82) is 0 Å². The average molecular weight is 280 g/mol. The van der Waals surface area contributed by atoms with Gasteiger partial charge in [-0.2, -0.15) is 0 Å². The van der Waals surface area contributed by atoms with Crippen LogP contribution in [0.2, 0.25) is 0 Å². The van der Waals surface area contributed by atoms with Gasteiger partial charge in [-0.15, -0.1) is 11.3 Å². The Morgan fingerprint density at radius 3 is 2.70 bits per heavy atom. The summed E-state index contributed by atoms with van der Waals surface area (Å²) >= 11 is 1.65. The zero-order valence-electron chi connectivity index (χ0n) is 11.3. The van der Waals surface area contributed by atoms with Crippen LogP contribution < -0.4 is 5.32 Å². The van der Waals surface area contributed by atoms with Gasteiger partial charge in [0.25, 0.3) is 0 Å². The molecule has 100 valence electrons. The van der Waals surface area contributed by atoms with Crippen LogP contribution in [0, 0.1) is 6.92 Å². The van der Waals surface area contributed by atoms with E-state index in [0.717, 1.165) is 17.4 Å². The van der Waals surface area contributed by atoms with Crippen molar-refractivity contribution >= 4 is 16.5 Å². The number of thiazole rings is 1. The van der Waals surface area contributed by atoms with Gasteiger partial charge in [-0.05, 0) is 18.6 Å². The summed E-state index contributed by atoms with van der Waals surface area (Å²) in [7, 11) is 0. The lowest BCUT2D eigenvalue weighted by atomic mass is 10.1. The normalized spacial score (nSPS) is 10.4. The van der Waals surface area contributed by atoms with E-state index in [9.17, 15) is 0 Å². The first-order valence-corrected chi connectivity index (χ1v) is 7.49. The molecule has 2 aromatic carbocycles. The molecule has 20 heavy (non-hydrogen) atoms. The van der Waals surface area contributed by atoms with Crippen LogP contribution in [0.15, 0.2) is 60.0 Å². The molecule has 3 heteroatoms.